The van der Waals surface area contributed by atoms with E-state index in [0.29, 0.717) is 15.8 Å². The fourth-order valence-corrected chi connectivity index (χ4v) is 3.10. The number of hydrogen-bond acceptors (Lipinski definition) is 2. The predicted octanol–water partition coefficient (Wildman–Crippen LogP) is 5.23. The van der Waals surface area contributed by atoms with E-state index in [1.807, 2.05) is 0 Å². The van der Waals surface area contributed by atoms with Gasteiger partial charge in [-0.1, -0.05) is 23.7 Å². The highest BCUT2D eigenvalue weighted by Gasteiger charge is 2.11. The van der Waals surface area contributed by atoms with Crippen LogP contribution in [-0.2, 0) is 5.75 Å². The van der Waals surface area contributed by atoms with Crippen molar-refractivity contribution >= 4 is 45.3 Å². The molecule has 104 valence electrons. The molecule has 6 heteroatoms. The topological polar surface area (TPSA) is 37.3 Å². The van der Waals surface area contributed by atoms with Crippen LogP contribution in [0, 0.1) is 5.82 Å². The van der Waals surface area contributed by atoms with Gasteiger partial charge in [-0.25, -0.2) is 9.18 Å². The molecule has 0 aromatic heterocycles. The molecule has 20 heavy (non-hydrogen) atoms. The summed E-state index contributed by atoms with van der Waals surface area (Å²) in [6, 6.07) is 9.84. The van der Waals surface area contributed by atoms with E-state index < -0.39 is 11.8 Å². The zero-order valence-electron chi connectivity index (χ0n) is 10.1. The minimum absolute atomic E-state index is 0.0881. The van der Waals surface area contributed by atoms with Gasteiger partial charge in [-0.3, -0.25) is 0 Å². The number of rotatable bonds is 4. The van der Waals surface area contributed by atoms with Gasteiger partial charge in [0.25, 0.3) is 0 Å². The van der Waals surface area contributed by atoms with E-state index in [0.717, 1.165) is 4.90 Å². The molecule has 2 nitrogen and oxygen atoms in total. The van der Waals surface area contributed by atoms with Gasteiger partial charge in [0.15, 0.2) is 0 Å². The molecule has 2 aromatic rings. The average molecular weight is 376 g/mol. The highest BCUT2D eigenvalue weighted by atomic mass is 79.9. The maximum Gasteiger partial charge on any atom is 0.336 e. The number of carbonyl (C=O) groups is 1. The predicted molar refractivity (Wildman–Crippen MR) is 82.1 cm³/mol. The van der Waals surface area contributed by atoms with Gasteiger partial charge >= 0.3 is 5.97 Å². The van der Waals surface area contributed by atoms with Crippen LogP contribution in [0.1, 0.15) is 15.9 Å². The van der Waals surface area contributed by atoms with Crippen molar-refractivity contribution in [3.63, 3.8) is 0 Å². The number of benzene rings is 2. The molecule has 1 N–H and O–H groups in total. The van der Waals surface area contributed by atoms with E-state index in [9.17, 15) is 9.18 Å². The lowest BCUT2D eigenvalue weighted by atomic mass is 10.2. The lowest BCUT2D eigenvalue weighted by Gasteiger charge is -2.06. The fourth-order valence-electron chi connectivity index (χ4n) is 1.58. The SMILES string of the molecule is O=C(O)c1cc(SCc2cccc(Cl)c2F)ccc1Br. The molecule has 0 aliphatic rings. The molecule has 0 atom stereocenters. The minimum atomic E-state index is -1.01. The summed E-state index contributed by atoms with van der Waals surface area (Å²) in [5.74, 6) is -1.06. The second kappa shape index (κ2) is 6.61. The maximum absolute atomic E-state index is 13.7. The first-order valence-electron chi connectivity index (χ1n) is 5.57. The first-order chi connectivity index (χ1) is 9.49. The summed E-state index contributed by atoms with van der Waals surface area (Å²) < 4.78 is 14.2. The molecule has 0 spiro atoms. The molecule has 0 fully saturated rings. The van der Waals surface area contributed by atoms with Gasteiger partial charge in [-0.15, -0.1) is 11.8 Å². The molecule has 0 saturated carbocycles. The zero-order valence-corrected chi connectivity index (χ0v) is 13.2. The summed E-state index contributed by atoms with van der Waals surface area (Å²) in [5.41, 5.74) is 0.670. The van der Waals surface area contributed by atoms with Crippen LogP contribution in [-0.4, -0.2) is 11.1 Å². The summed E-state index contributed by atoms with van der Waals surface area (Å²) in [6.45, 7) is 0. The largest absolute Gasteiger partial charge is 0.478 e. The average Bonchev–Trinajstić information content (AvgIpc) is 2.41. The van der Waals surface area contributed by atoms with E-state index >= 15 is 0 Å². The van der Waals surface area contributed by atoms with Crippen LogP contribution in [0.2, 0.25) is 5.02 Å². The highest BCUT2D eigenvalue weighted by Crippen LogP contribution is 2.29. The van der Waals surface area contributed by atoms with Gasteiger partial charge in [-0.05, 0) is 45.8 Å². The molecule has 0 heterocycles. The van der Waals surface area contributed by atoms with Crippen LogP contribution in [0.4, 0.5) is 4.39 Å². The molecule has 0 saturated heterocycles. The van der Waals surface area contributed by atoms with E-state index in [4.69, 9.17) is 16.7 Å². The Labute approximate surface area is 133 Å². The zero-order chi connectivity index (χ0) is 14.7. The summed E-state index contributed by atoms with van der Waals surface area (Å²) in [4.78, 5) is 11.8. The molecule has 0 bridgehead atoms. The van der Waals surface area contributed by atoms with Crippen LogP contribution in [0.3, 0.4) is 0 Å². The van der Waals surface area contributed by atoms with Crippen LogP contribution >= 0.6 is 39.3 Å². The van der Waals surface area contributed by atoms with Gasteiger partial charge in [0.05, 0.1) is 10.6 Å². The lowest BCUT2D eigenvalue weighted by Crippen LogP contribution is -1.97. The van der Waals surface area contributed by atoms with E-state index in [2.05, 4.69) is 15.9 Å². The van der Waals surface area contributed by atoms with Crippen LogP contribution in [0.25, 0.3) is 0 Å². The summed E-state index contributed by atoms with van der Waals surface area (Å²) in [6.07, 6.45) is 0. The van der Waals surface area contributed by atoms with Crippen molar-refractivity contribution in [2.24, 2.45) is 0 Å². The maximum atomic E-state index is 13.7. The fraction of sp³-hybridized carbons (Fsp3) is 0.0714. The number of aromatic carboxylic acids is 1. The van der Waals surface area contributed by atoms with E-state index in [1.165, 1.54) is 17.8 Å². The van der Waals surface area contributed by atoms with E-state index in [1.54, 1.807) is 30.3 Å². The third-order valence-electron chi connectivity index (χ3n) is 2.59. The van der Waals surface area contributed by atoms with Crippen molar-refractivity contribution in [3.05, 3.63) is 62.8 Å². The molecule has 2 rings (SSSR count). The van der Waals surface area contributed by atoms with Gasteiger partial charge in [-0.2, -0.15) is 0 Å². The van der Waals surface area contributed by atoms with Gasteiger partial charge < -0.3 is 5.11 Å². The normalized spacial score (nSPS) is 10.6. The Hall–Kier alpha value is -1.04. The number of carboxylic acids is 1. The molecule has 0 aliphatic heterocycles. The summed E-state index contributed by atoms with van der Waals surface area (Å²) >= 11 is 10.2. The molecule has 2 aromatic carbocycles. The van der Waals surface area contributed by atoms with Crippen LogP contribution in [0.15, 0.2) is 45.8 Å². The van der Waals surface area contributed by atoms with Crippen molar-refractivity contribution < 1.29 is 14.3 Å². The molecule has 0 amide bonds. The smallest absolute Gasteiger partial charge is 0.336 e. The Morgan fingerprint density at radius 3 is 2.80 bits per heavy atom. The highest BCUT2D eigenvalue weighted by molar-refractivity contribution is 9.10. The lowest BCUT2D eigenvalue weighted by molar-refractivity contribution is 0.0695. The van der Waals surface area contributed by atoms with Crippen molar-refractivity contribution in [2.45, 2.75) is 10.6 Å². The Bertz CT molecular complexity index is 664. The Kier molecular flexibility index (Phi) is 5.07. The van der Waals surface area contributed by atoms with Gasteiger partial charge in [0.1, 0.15) is 5.82 Å². The number of halogens is 3. The third-order valence-corrected chi connectivity index (χ3v) is 4.62. The molecule has 0 radical (unpaired) electrons. The molecular weight excluding hydrogens is 367 g/mol. The molecule has 0 aliphatic carbocycles. The van der Waals surface area contributed by atoms with Crippen LogP contribution < -0.4 is 0 Å². The second-order valence-electron chi connectivity index (χ2n) is 3.95. The quantitative estimate of drug-likeness (QED) is 0.743. The van der Waals surface area contributed by atoms with Gasteiger partial charge in [0.2, 0.25) is 0 Å². The van der Waals surface area contributed by atoms with Crippen molar-refractivity contribution in [3.8, 4) is 0 Å². The Balaban J connectivity index is 2.17. The summed E-state index contributed by atoms with van der Waals surface area (Å²) in [5, 5.41) is 9.13. The van der Waals surface area contributed by atoms with Crippen molar-refractivity contribution in [2.75, 3.05) is 0 Å². The van der Waals surface area contributed by atoms with Crippen LogP contribution in [0.5, 0.6) is 0 Å². The standard InChI is InChI=1S/C14H9BrClFO2S/c15-11-5-4-9(6-10(11)14(18)19)20-7-8-2-1-3-12(16)13(8)17/h1-6H,7H2,(H,18,19). The second-order valence-corrected chi connectivity index (χ2v) is 6.26. The third kappa shape index (κ3) is 3.53. The van der Waals surface area contributed by atoms with Crippen molar-refractivity contribution in [1.29, 1.82) is 0 Å². The van der Waals surface area contributed by atoms with Gasteiger partial charge in [0, 0.05) is 15.1 Å². The number of thioether (sulfide) groups is 1. The number of hydrogen-bond donors (Lipinski definition) is 1. The minimum Gasteiger partial charge on any atom is -0.478 e. The first kappa shape index (κ1) is 15.4. The number of carboxylic acid groups (broad SMARTS) is 1. The monoisotopic (exact) mass is 374 g/mol. The first-order valence-corrected chi connectivity index (χ1v) is 7.73. The Morgan fingerprint density at radius 2 is 2.10 bits per heavy atom. The van der Waals surface area contributed by atoms with Crippen molar-refractivity contribution in [1.82, 2.24) is 0 Å². The van der Waals surface area contributed by atoms with E-state index in [-0.39, 0.29) is 10.6 Å². The Morgan fingerprint density at radius 1 is 1.35 bits per heavy atom. The molecule has 0 unspecified atom stereocenters. The molecular formula is C14H9BrClFO2S. The summed E-state index contributed by atoms with van der Waals surface area (Å²) in [7, 11) is 0.